The Morgan fingerprint density at radius 2 is 1.75 bits per heavy atom. The van der Waals surface area contributed by atoms with Gasteiger partial charge in [0, 0.05) is 31.0 Å². The summed E-state index contributed by atoms with van der Waals surface area (Å²) in [6, 6.07) is 10.7. The van der Waals surface area contributed by atoms with Gasteiger partial charge in [-0.15, -0.1) is 0 Å². The summed E-state index contributed by atoms with van der Waals surface area (Å²) < 4.78 is 1.63. The van der Waals surface area contributed by atoms with Crippen molar-refractivity contribution in [3.63, 3.8) is 0 Å². The van der Waals surface area contributed by atoms with Crippen LogP contribution in [0, 0.1) is 6.92 Å². The van der Waals surface area contributed by atoms with Gasteiger partial charge in [0.25, 0.3) is 11.5 Å². The first-order chi connectivity index (χ1) is 11.6. The van der Waals surface area contributed by atoms with Crippen molar-refractivity contribution in [2.45, 2.75) is 26.3 Å². The Morgan fingerprint density at radius 3 is 2.46 bits per heavy atom. The second-order valence-electron chi connectivity index (χ2n) is 6.32. The first-order valence-corrected chi connectivity index (χ1v) is 8.43. The molecule has 5 nitrogen and oxygen atoms in total. The third-order valence-electron chi connectivity index (χ3n) is 4.41. The number of anilines is 1. The summed E-state index contributed by atoms with van der Waals surface area (Å²) in [5.74, 6) is -0.200. The molecule has 24 heavy (non-hydrogen) atoms. The van der Waals surface area contributed by atoms with E-state index in [0.717, 1.165) is 30.9 Å². The predicted molar refractivity (Wildman–Crippen MR) is 95.5 cm³/mol. The molecule has 2 aromatic rings. The largest absolute Gasteiger partial charge is 0.322 e. The van der Waals surface area contributed by atoms with E-state index in [2.05, 4.69) is 10.2 Å². The third kappa shape index (κ3) is 4.11. The lowest BCUT2D eigenvalue weighted by molar-refractivity contribution is 0.102. The van der Waals surface area contributed by atoms with Crippen LogP contribution in [0.5, 0.6) is 0 Å². The number of benzene rings is 1. The summed E-state index contributed by atoms with van der Waals surface area (Å²) in [5.41, 5.74) is 2.32. The molecular weight excluding hydrogens is 302 g/mol. The van der Waals surface area contributed by atoms with Gasteiger partial charge in [0.2, 0.25) is 0 Å². The van der Waals surface area contributed by atoms with Crippen molar-refractivity contribution in [2.75, 3.05) is 25.0 Å². The standard InChI is InChI=1S/C19H23N3O2/c1-15-4-7-17(8-5-15)20-19(24)16-6-9-18(23)22(14-16)13-12-21-10-2-3-11-21/h4-9,14H,2-3,10-13H2,1H3,(H,20,24). The minimum atomic E-state index is -0.200. The van der Waals surface area contributed by atoms with Crippen LogP contribution < -0.4 is 10.9 Å². The number of carbonyl (C=O) groups is 1. The highest BCUT2D eigenvalue weighted by molar-refractivity contribution is 6.04. The summed E-state index contributed by atoms with van der Waals surface area (Å²) in [6.45, 7) is 5.67. The van der Waals surface area contributed by atoms with Gasteiger partial charge >= 0.3 is 0 Å². The molecular formula is C19H23N3O2. The van der Waals surface area contributed by atoms with Crippen LogP contribution in [0.25, 0.3) is 0 Å². The Hall–Kier alpha value is -2.40. The van der Waals surface area contributed by atoms with Crippen molar-refractivity contribution in [1.82, 2.24) is 9.47 Å². The van der Waals surface area contributed by atoms with Crippen LogP contribution in [0.2, 0.25) is 0 Å². The van der Waals surface area contributed by atoms with Crippen molar-refractivity contribution >= 4 is 11.6 Å². The van der Waals surface area contributed by atoms with Crippen LogP contribution >= 0.6 is 0 Å². The average molecular weight is 325 g/mol. The van der Waals surface area contributed by atoms with Crippen LogP contribution in [0.4, 0.5) is 5.69 Å². The molecule has 2 heterocycles. The van der Waals surface area contributed by atoms with E-state index in [-0.39, 0.29) is 11.5 Å². The van der Waals surface area contributed by atoms with E-state index in [9.17, 15) is 9.59 Å². The van der Waals surface area contributed by atoms with Crippen LogP contribution in [0.1, 0.15) is 28.8 Å². The maximum atomic E-state index is 12.4. The van der Waals surface area contributed by atoms with E-state index in [1.54, 1.807) is 16.8 Å². The zero-order valence-electron chi connectivity index (χ0n) is 14.0. The Morgan fingerprint density at radius 1 is 1.04 bits per heavy atom. The van der Waals surface area contributed by atoms with Gasteiger partial charge in [0.15, 0.2) is 0 Å². The Balaban J connectivity index is 1.68. The number of pyridine rings is 1. The minimum absolute atomic E-state index is 0.0684. The van der Waals surface area contributed by atoms with Crippen molar-refractivity contribution in [3.8, 4) is 0 Å². The summed E-state index contributed by atoms with van der Waals surface area (Å²) in [4.78, 5) is 26.7. The highest BCUT2D eigenvalue weighted by atomic mass is 16.2. The number of nitrogens with one attached hydrogen (secondary N) is 1. The average Bonchev–Trinajstić information content (AvgIpc) is 3.09. The molecule has 0 atom stereocenters. The number of carbonyl (C=O) groups excluding carboxylic acids is 1. The van der Waals surface area contributed by atoms with Crippen LogP contribution in [-0.2, 0) is 6.54 Å². The van der Waals surface area contributed by atoms with E-state index in [0.29, 0.717) is 12.1 Å². The summed E-state index contributed by atoms with van der Waals surface area (Å²) >= 11 is 0. The smallest absolute Gasteiger partial charge is 0.257 e. The second-order valence-corrected chi connectivity index (χ2v) is 6.32. The Bertz CT molecular complexity index is 759. The van der Waals surface area contributed by atoms with E-state index in [4.69, 9.17) is 0 Å². The topological polar surface area (TPSA) is 54.3 Å². The minimum Gasteiger partial charge on any atom is -0.322 e. The monoisotopic (exact) mass is 325 g/mol. The van der Waals surface area contributed by atoms with Crippen molar-refractivity contribution in [3.05, 3.63) is 64.1 Å². The van der Waals surface area contributed by atoms with Gasteiger partial charge in [-0.2, -0.15) is 0 Å². The van der Waals surface area contributed by atoms with Crippen LogP contribution in [0.3, 0.4) is 0 Å². The quantitative estimate of drug-likeness (QED) is 0.919. The molecule has 1 amide bonds. The number of likely N-dealkylation sites (tertiary alicyclic amines) is 1. The van der Waals surface area contributed by atoms with Gasteiger partial charge in [-0.1, -0.05) is 17.7 Å². The number of nitrogens with zero attached hydrogens (tertiary/aromatic N) is 2. The highest BCUT2D eigenvalue weighted by Gasteiger charge is 2.12. The Labute approximate surface area is 141 Å². The molecule has 1 aromatic carbocycles. The van der Waals surface area contributed by atoms with Gasteiger partial charge in [-0.05, 0) is 51.1 Å². The molecule has 0 spiro atoms. The molecule has 0 bridgehead atoms. The molecule has 0 aliphatic carbocycles. The van der Waals surface area contributed by atoms with E-state index >= 15 is 0 Å². The summed E-state index contributed by atoms with van der Waals surface area (Å²) in [6.07, 6.45) is 4.11. The first-order valence-electron chi connectivity index (χ1n) is 8.43. The molecule has 1 aliphatic heterocycles. The second kappa shape index (κ2) is 7.45. The molecule has 1 saturated heterocycles. The van der Waals surface area contributed by atoms with Crippen LogP contribution in [0.15, 0.2) is 47.4 Å². The Kier molecular flexibility index (Phi) is 5.11. The van der Waals surface area contributed by atoms with Gasteiger partial charge in [-0.3, -0.25) is 9.59 Å². The maximum absolute atomic E-state index is 12.4. The lowest BCUT2D eigenvalue weighted by Crippen LogP contribution is -2.29. The normalized spacial score (nSPS) is 14.7. The van der Waals surface area contributed by atoms with Crippen molar-refractivity contribution < 1.29 is 4.79 Å². The molecule has 1 aromatic heterocycles. The van der Waals surface area contributed by atoms with Gasteiger partial charge in [-0.25, -0.2) is 0 Å². The highest BCUT2D eigenvalue weighted by Crippen LogP contribution is 2.11. The summed E-state index contributed by atoms with van der Waals surface area (Å²) in [5, 5.41) is 2.86. The maximum Gasteiger partial charge on any atom is 0.257 e. The van der Waals surface area contributed by atoms with Gasteiger partial charge < -0.3 is 14.8 Å². The molecule has 1 N–H and O–H groups in total. The molecule has 5 heteroatoms. The van der Waals surface area contributed by atoms with Gasteiger partial charge in [0.1, 0.15) is 0 Å². The number of aryl methyl sites for hydroxylation is 1. The number of hydrogen-bond acceptors (Lipinski definition) is 3. The van der Waals surface area contributed by atoms with Gasteiger partial charge in [0.05, 0.1) is 5.56 Å². The first kappa shape index (κ1) is 16.5. The van der Waals surface area contributed by atoms with E-state index < -0.39 is 0 Å². The van der Waals surface area contributed by atoms with E-state index in [1.807, 2.05) is 31.2 Å². The lowest BCUT2D eigenvalue weighted by Gasteiger charge is -2.15. The number of aromatic nitrogens is 1. The fraction of sp³-hybridized carbons (Fsp3) is 0.368. The van der Waals surface area contributed by atoms with E-state index in [1.165, 1.54) is 18.9 Å². The van der Waals surface area contributed by atoms with Crippen LogP contribution in [-0.4, -0.2) is 35.0 Å². The molecule has 1 fully saturated rings. The molecule has 0 radical (unpaired) electrons. The fourth-order valence-corrected chi connectivity index (χ4v) is 2.94. The number of amides is 1. The molecule has 3 rings (SSSR count). The SMILES string of the molecule is Cc1ccc(NC(=O)c2ccc(=O)n(CCN3CCCC3)c2)cc1. The number of rotatable bonds is 5. The molecule has 126 valence electrons. The number of hydrogen-bond donors (Lipinski definition) is 1. The predicted octanol–water partition coefficient (Wildman–Crippen LogP) is 2.50. The fourth-order valence-electron chi connectivity index (χ4n) is 2.94. The zero-order valence-corrected chi connectivity index (χ0v) is 14.0. The third-order valence-corrected chi connectivity index (χ3v) is 4.41. The molecule has 0 unspecified atom stereocenters. The lowest BCUT2D eigenvalue weighted by atomic mass is 10.2. The van der Waals surface area contributed by atoms with Crippen molar-refractivity contribution in [2.24, 2.45) is 0 Å². The molecule has 0 saturated carbocycles. The molecule has 1 aliphatic rings. The summed E-state index contributed by atoms with van der Waals surface area (Å²) in [7, 11) is 0. The van der Waals surface area contributed by atoms with Crippen molar-refractivity contribution in [1.29, 1.82) is 0 Å². The zero-order chi connectivity index (χ0) is 16.9.